The predicted molar refractivity (Wildman–Crippen MR) is 109 cm³/mol. The number of methoxy groups -OCH3 is 1. The lowest BCUT2D eigenvalue weighted by Gasteiger charge is -2.13. The maximum atomic E-state index is 11.9. The number of carbonyl (C=O) groups is 2. The fourth-order valence-corrected chi connectivity index (χ4v) is 2.39. The van der Waals surface area contributed by atoms with Crippen LogP contribution in [0.25, 0.3) is 6.08 Å². The smallest absolute Gasteiger partial charge is 0.331 e. The zero-order chi connectivity index (χ0) is 20.5. The number of esters is 1. The molecule has 0 spiro atoms. The lowest BCUT2D eigenvalue weighted by Crippen LogP contribution is -2.20. The van der Waals surface area contributed by atoms with Gasteiger partial charge in [-0.1, -0.05) is 24.3 Å². The minimum atomic E-state index is -0.610. The second kappa shape index (κ2) is 10.2. The largest absolute Gasteiger partial charge is 0.493 e. The first-order valence-corrected chi connectivity index (χ1v) is 8.94. The molecule has 0 aromatic heterocycles. The Bertz CT molecular complexity index is 858. The van der Waals surface area contributed by atoms with Crippen LogP contribution >= 0.6 is 0 Å². The molecule has 0 fully saturated rings. The van der Waals surface area contributed by atoms with Crippen LogP contribution in [0, 0.1) is 6.92 Å². The number of carbonyl (C=O) groups excluding carboxylic acids is 2. The molecule has 1 N–H and O–H groups in total. The number of hydrogen-bond acceptors (Lipinski definition) is 5. The summed E-state index contributed by atoms with van der Waals surface area (Å²) in [7, 11) is 1.55. The van der Waals surface area contributed by atoms with Gasteiger partial charge in [-0.2, -0.15) is 0 Å². The molecule has 0 heterocycles. The Morgan fingerprint density at radius 2 is 1.86 bits per heavy atom. The maximum Gasteiger partial charge on any atom is 0.331 e. The van der Waals surface area contributed by atoms with E-state index < -0.39 is 11.9 Å². The molecular weight excluding hydrogens is 358 g/mol. The number of ether oxygens (including phenoxy) is 3. The Balaban J connectivity index is 1.89. The third-order valence-electron chi connectivity index (χ3n) is 3.73. The van der Waals surface area contributed by atoms with Crippen molar-refractivity contribution in [3.8, 4) is 11.5 Å². The van der Waals surface area contributed by atoms with E-state index in [1.165, 1.54) is 6.08 Å². The van der Waals surface area contributed by atoms with E-state index in [1.54, 1.807) is 37.5 Å². The van der Waals surface area contributed by atoms with Crippen LogP contribution in [0.15, 0.2) is 48.5 Å². The van der Waals surface area contributed by atoms with Gasteiger partial charge in [0.1, 0.15) is 0 Å². The van der Waals surface area contributed by atoms with E-state index in [0.717, 1.165) is 11.1 Å². The van der Waals surface area contributed by atoms with Crippen molar-refractivity contribution in [3.63, 3.8) is 0 Å². The van der Waals surface area contributed by atoms with Crippen LogP contribution in [-0.4, -0.2) is 31.7 Å². The Hall–Kier alpha value is -3.28. The fourth-order valence-electron chi connectivity index (χ4n) is 2.39. The van der Waals surface area contributed by atoms with Crippen LogP contribution in [0.4, 0.5) is 5.69 Å². The first-order chi connectivity index (χ1) is 13.4. The summed E-state index contributed by atoms with van der Waals surface area (Å²) in [6.07, 6.45) is 2.87. The molecule has 1 amide bonds. The highest BCUT2D eigenvalue weighted by Gasteiger charge is 2.08. The van der Waals surface area contributed by atoms with Crippen molar-refractivity contribution < 1.29 is 23.8 Å². The molecule has 0 saturated carbocycles. The van der Waals surface area contributed by atoms with Crippen molar-refractivity contribution in [2.24, 2.45) is 0 Å². The molecule has 0 aliphatic rings. The molecule has 28 heavy (non-hydrogen) atoms. The number of para-hydroxylation sites is 1. The summed E-state index contributed by atoms with van der Waals surface area (Å²) in [6.45, 7) is 5.38. The molecule has 0 atom stereocenters. The van der Waals surface area contributed by atoms with Crippen LogP contribution in [0.1, 0.15) is 25.0 Å². The van der Waals surface area contributed by atoms with Crippen molar-refractivity contribution in [2.45, 2.75) is 26.9 Å². The summed E-state index contributed by atoms with van der Waals surface area (Å²) in [5, 5.41) is 2.71. The number of rotatable bonds is 8. The lowest BCUT2D eigenvalue weighted by atomic mass is 10.2. The summed E-state index contributed by atoms with van der Waals surface area (Å²) in [4.78, 5) is 23.8. The van der Waals surface area contributed by atoms with Crippen LogP contribution in [0.3, 0.4) is 0 Å². The Morgan fingerprint density at radius 3 is 2.54 bits per heavy atom. The third kappa shape index (κ3) is 6.46. The first kappa shape index (κ1) is 21.0. The first-order valence-electron chi connectivity index (χ1n) is 8.94. The van der Waals surface area contributed by atoms with E-state index in [-0.39, 0.29) is 12.7 Å². The molecule has 0 saturated heterocycles. The second-order valence-corrected chi connectivity index (χ2v) is 6.38. The van der Waals surface area contributed by atoms with E-state index in [2.05, 4.69) is 5.32 Å². The van der Waals surface area contributed by atoms with Gasteiger partial charge in [0.05, 0.1) is 13.2 Å². The molecule has 2 aromatic carbocycles. The highest BCUT2D eigenvalue weighted by Crippen LogP contribution is 2.29. The molecule has 6 nitrogen and oxygen atoms in total. The summed E-state index contributed by atoms with van der Waals surface area (Å²) in [5.74, 6) is 0.196. The molecule has 2 aromatic rings. The van der Waals surface area contributed by atoms with Crippen molar-refractivity contribution in [2.75, 3.05) is 19.0 Å². The van der Waals surface area contributed by atoms with Gasteiger partial charge in [0, 0.05) is 11.8 Å². The summed E-state index contributed by atoms with van der Waals surface area (Å²) in [6, 6.07) is 12.7. The normalized spacial score (nSPS) is 10.8. The second-order valence-electron chi connectivity index (χ2n) is 6.38. The van der Waals surface area contributed by atoms with Gasteiger partial charge in [0.25, 0.3) is 5.91 Å². The standard InChI is InChI=1S/C22H25NO5/c1-15(2)28-19-11-9-17(13-20(19)26-4)10-12-22(25)27-14-21(24)23-18-8-6-5-7-16(18)3/h5-13,15H,14H2,1-4H3,(H,23,24)/b12-10+. The fraction of sp³-hybridized carbons (Fsp3) is 0.273. The van der Waals surface area contributed by atoms with E-state index >= 15 is 0 Å². The molecule has 0 radical (unpaired) electrons. The highest BCUT2D eigenvalue weighted by atomic mass is 16.5. The zero-order valence-corrected chi connectivity index (χ0v) is 16.5. The number of nitrogens with one attached hydrogen (secondary N) is 1. The molecule has 0 unspecified atom stereocenters. The Kier molecular flexibility index (Phi) is 7.63. The van der Waals surface area contributed by atoms with Gasteiger partial charge in [-0.15, -0.1) is 0 Å². The molecule has 2 rings (SSSR count). The Labute approximate surface area is 165 Å². The van der Waals surface area contributed by atoms with Gasteiger partial charge in [-0.05, 0) is 56.2 Å². The quantitative estimate of drug-likeness (QED) is 0.551. The van der Waals surface area contributed by atoms with Gasteiger partial charge < -0.3 is 19.5 Å². The van der Waals surface area contributed by atoms with Crippen molar-refractivity contribution in [3.05, 3.63) is 59.7 Å². The molecule has 0 aliphatic carbocycles. The zero-order valence-electron chi connectivity index (χ0n) is 16.5. The summed E-state index contributed by atoms with van der Waals surface area (Å²) >= 11 is 0. The third-order valence-corrected chi connectivity index (χ3v) is 3.73. The monoisotopic (exact) mass is 383 g/mol. The van der Waals surface area contributed by atoms with Gasteiger partial charge >= 0.3 is 5.97 Å². The van der Waals surface area contributed by atoms with Crippen LogP contribution < -0.4 is 14.8 Å². The minimum Gasteiger partial charge on any atom is -0.493 e. The average molecular weight is 383 g/mol. The average Bonchev–Trinajstić information content (AvgIpc) is 2.67. The lowest BCUT2D eigenvalue weighted by molar-refractivity contribution is -0.142. The summed E-state index contributed by atoms with van der Waals surface area (Å²) < 4.78 is 15.9. The van der Waals surface area contributed by atoms with Gasteiger partial charge in [-0.3, -0.25) is 4.79 Å². The van der Waals surface area contributed by atoms with Crippen LogP contribution in [0.5, 0.6) is 11.5 Å². The van der Waals surface area contributed by atoms with Gasteiger partial charge in [-0.25, -0.2) is 4.79 Å². The van der Waals surface area contributed by atoms with Crippen molar-refractivity contribution in [1.82, 2.24) is 0 Å². The topological polar surface area (TPSA) is 73.9 Å². The van der Waals surface area contributed by atoms with E-state index in [9.17, 15) is 9.59 Å². The number of hydrogen-bond donors (Lipinski definition) is 1. The summed E-state index contributed by atoms with van der Waals surface area (Å²) in [5.41, 5.74) is 2.37. The van der Waals surface area contributed by atoms with E-state index in [4.69, 9.17) is 14.2 Å². The van der Waals surface area contributed by atoms with E-state index in [0.29, 0.717) is 17.2 Å². The van der Waals surface area contributed by atoms with Crippen molar-refractivity contribution >= 4 is 23.6 Å². The molecule has 6 heteroatoms. The predicted octanol–water partition coefficient (Wildman–Crippen LogP) is 3.99. The number of aryl methyl sites for hydroxylation is 1. The minimum absolute atomic E-state index is 0.0242. The molecule has 0 aliphatic heterocycles. The molecular formula is C22H25NO5. The number of anilines is 1. The van der Waals surface area contributed by atoms with E-state index in [1.807, 2.05) is 39.0 Å². The maximum absolute atomic E-state index is 11.9. The van der Waals surface area contributed by atoms with Gasteiger partial charge in [0.15, 0.2) is 18.1 Å². The molecule has 148 valence electrons. The van der Waals surface area contributed by atoms with Crippen molar-refractivity contribution in [1.29, 1.82) is 0 Å². The number of benzene rings is 2. The highest BCUT2D eigenvalue weighted by molar-refractivity contribution is 5.95. The van der Waals surface area contributed by atoms with Gasteiger partial charge in [0.2, 0.25) is 0 Å². The number of amides is 1. The molecule has 0 bridgehead atoms. The SMILES string of the molecule is COc1cc(/C=C/C(=O)OCC(=O)Nc2ccccc2C)ccc1OC(C)C. The van der Waals surface area contributed by atoms with Crippen LogP contribution in [0.2, 0.25) is 0 Å². The van der Waals surface area contributed by atoms with Crippen LogP contribution in [-0.2, 0) is 14.3 Å². The Morgan fingerprint density at radius 1 is 1.11 bits per heavy atom.